The van der Waals surface area contributed by atoms with E-state index in [4.69, 9.17) is 18.7 Å². The topological polar surface area (TPSA) is 86.2 Å². The van der Waals surface area contributed by atoms with Crippen molar-refractivity contribution in [3.63, 3.8) is 0 Å². The van der Waals surface area contributed by atoms with Crippen LogP contribution in [0.5, 0.6) is 17.2 Å². The number of aliphatic hydroxyl groups excluding tert-OH is 1. The molecule has 0 heterocycles. The molecule has 9 heteroatoms. The Morgan fingerprint density at radius 3 is 2.17 bits per heavy atom. The monoisotopic (exact) mass is 465 g/mol. The van der Waals surface area contributed by atoms with Gasteiger partial charge in [-0.2, -0.15) is 0 Å². The summed E-state index contributed by atoms with van der Waals surface area (Å²) < 4.78 is 34.7. The highest BCUT2D eigenvalue weighted by atomic mass is 35.5. The highest BCUT2D eigenvalue weighted by Gasteiger charge is 2.31. The maximum Gasteiger partial charge on any atom is 0.203 e. The number of aliphatic hydroxyl groups is 1. The Labute approximate surface area is 186 Å². The van der Waals surface area contributed by atoms with E-state index in [-0.39, 0.29) is 30.7 Å². The SMILES string of the molecule is COc1cc(C(C)NC[C@H](O)COP(C)(=O)C2CCCCC2)cc(OC)c1OC.Cl. The molecule has 1 aromatic rings. The van der Waals surface area contributed by atoms with E-state index in [1.165, 1.54) is 6.42 Å². The highest BCUT2D eigenvalue weighted by Crippen LogP contribution is 2.53. The molecule has 0 aromatic heterocycles. The van der Waals surface area contributed by atoms with Crippen molar-refractivity contribution in [2.24, 2.45) is 0 Å². The summed E-state index contributed by atoms with van der Waals surface area (Å²) in [6, 6.07) is 3.70. The molecule has 30 heavy (non-hydrogen) atoms. The lowest BCUT2D eigenvalue weighted by Gasteiger charge is -2.28. The first-order valence-corrected chi connectivity index (χ1v) is 12.4. The van der Waals surface area contributed by atoms with Gasteiger partial charge in [0.15, 0.2) is 11.5 Å². The van der Waals surface area contributed by atoms with Crippen LogP contribution < -0.4 is 19.5 Å². The van der Waals surface area contributed by atoms with Gasteiger partial charge in [0.2, 0.25) is 13.1 Å². The lowest BCUT2D eigenvalue weighted by molar-refractivity contribution is 0.104. The van der Waals surface area contributed by atoms with Crippen LogP contribution in [0.3, 0.4) is 0 Å². The first kappa shape index (κ1) is 27.1. The zero-order valence-corrected chi connectivity index (χ0v) is 20.4. The molecule has 0 amide bonds. The summed E-state index contributed by atoms with van der Waals surface area (Å²) in [7, 11) is 2.03. The Balaban J connectivity index is 0.00000450. The minimum atomic E-state index is -2.69. The molecule has 174 valence electrons. The average molecular weight is 466 g/mol. The van der Waals surface area contributed by atoms with E-state index >= 15 is 0 Å². The number of hydrogen-bond acceptors (Lipinski definition) is 7. The Morgan fingerprint density at radius 2 is 1.67 bits per heavy atom. The van der Waals surface area contributed by atoms with Gasteiger partial charge in [0, 0.05) is 24.9 Å². The van der Waals surface area contributed by atoms with Crippen LogP contribution in [0.1, 0.15) is 50.6 Å². The van der Waals surface area contributed by atoms with Gasteiger partial charge in [-0.25, -0.2) is 0 Å². The van der Waals surface area contributed by atoms with Gasteiger partial charge in [-0.3, -0.25) is 4.57 Å². The van der Waals surface area contributed by atoms with Gasteiger partial charge < -0.3 is 29.2 Å². The van der Waals surface area contributed by atoms with Gasteiger partial charge >= 0.3 is 0 Å². The normalized spacial score (nSPS) is 18.6. The summed E-state index contributed by atoms with van der Waals surface area (Å²) >= 11 is 0. The second-order valence-electron chi connectivity index (χ2n) is 7.74. The molecule has 7 nitrogen and oxygen atoms in total. The molecular weight excluding hydrogens is 429 g/mol. The Hall–Kier alpha value is -0.980. The van der Waals surface area contributed by atoms with Crippen molar-refractivity contribution in [2.45, 2.75) is 56.8 Å². The van der Waals surface area contributed by atoms with E-state index in [1.807, 2.05) is 19.1 Å². The van der Waals surface area contributed by atoms with Crippen molar-refractivity contribution in [1.82, 2.24) is 5.32 Å². The summed E-state index contributed by atoms with van der Waals surface area (Å²) in [5.74, 6) is 1.71. The third-order valence-corrected chi connectivity index (χ3v) is 8.11. The second kappa shape index (κ2) is 12.8. The summed E-state index contributed by atoms with van der Waals surface area (Å²) in [5.41, 5.74) is 1.07. The summed E-state index contributed by atoms with van der Waals surface area (Å²) in [6.07, 6.45) is 4.61. The van der Waals surface area contributed by atoms with Crippen molar-refractivity contribution in [3.8, 4) is 17.2 Å². The number of halogens is 1. The molecule has 1 fully saturated rings. The van der Waals surface area contributed by atoms with E-state index in [0.717, 1.165) is 31.2 Å². The van der Waals surface area contributed by atoms with E-state index < -0.39 is 13.5 Å². The van der Waals surface area contributed by atoms with Crippen molar-refractivity contribution in [3.05, 3.63) is 17.7 Å². The minimum absolute atomic E-state index is 0. The fourth-order valence-corrected chi connectivity index (χ4v) is 5.71. The third kappa shape index (κ3) is 7.31. The van der Waals surface area contributed by atoms with Crippen LogP contribution >= 0.6 is 19.8 Å². The van der Waals surface area contributed by atoms with Crippen molar-refractivity contribution in [2.75, 3.05) is 41.1 Å². The number of nitrogens with one attached hydrogen (secondary N) is 1. The fraction of sp³-hybridized carbons (Fsp3) is 0.714. The van der Waals surface area contributed by atoms with Crippen LogP contribution in [0, 0.1) is 0 Å². The van der Waals surface area contributed by atoms with Gasteiger partial charge in [-0.1, -0.05) is 19.3 Å². The van der Waals surface area contributed by atoms with Crippen molar-refractivity contribution >= 4 is 19.8 Å². The van der Waals surface area contributed by atoms with Crippen LogP contribution in [0.4, 0.5) is 0 Å². The average Bonchev–Trinajstić information content (AvgIpc) is 2.75. The molecular formula is C21H37ClNO6P. The zero-order chi connectivity index (χ0) is 21.4. The summed E-state index contributed by atoms with van der Waals surface area (Å²) in [5, 5.41) is 13.6. The molecule has 1 aromatic carbocycles. The molecule has 2 rings (SSSR count). The Kier molecular flexibility index (Phi) is 11.5. The Morgan fingerprint density at radius 1 is 1.10 bits per heavy atom. The quantitative estimate of drug-likeness (QED) is 0.468. The van der Waals surface area contributed by atoms with Crippen LogP contribution in [0.25, 0.3) is 0 Å². The van der Waals surface area contributed by atoms with E-state index in [0.29, 0.717) is 23.8 Å². The van der Waals surface area contributed by atoms with Gasteiger partial charge in [0.25, 0.3) is 0 Å². The van der Waals surface area contributed by atoms with Crippen LogP contribution in [0.15, 0.2) is 12.1 Å². The Bertz CT molecular complexity index is 673. The van der Waals surface area contributed by atoms with Gasteiger partial charge in [-0.15, -0.1) is 12.4 Å². The number of benzene rings is 1. The molecule has 0 bridgehead atoms. The summed E-state index contributed by atoms with van der Waals surface area (Å²) in [6.45, 7) is 4.09. The van der Waals surface area contributed by atoms with Crippen LogP contribution in [-0.2, 0) is 9.09 Å². The van der Waals surface area contributed by atoms with E-state index in [2.05, 4.69) is 5.32 Å². The van der Waals surface area contributed by atoms with Gasteiger partial charge in [-0.05, 0) is 37.5 Å². The van der Waals surface area contributed by atoms with Crippen LogP contribution in [0.2, 0.25) is 0 Å². The molecule has 0 radical (unpaired) electrons. The molecule has 1 saturated carbocycles. The number of ether oxygens (including phenoxy) is 3. The zero-order valence-electron chi connectivity index (χ0n) is 18.7. The smallest absolute Gasteiger partial charge is 0.203 e. The number of methoxy groups -OCH3 is 3. The van der Waals surface area contributed by atoms with E-state index in [9.17, 15) is 9.67 Å². The predicted octanol–water partition coefficient (Wildman–Crippen LogP) is 4.40. The molecule has 2 N–H and O–H groups in total. The standard InChI is InChI=1S/C21H36NO6P.ClH/c1-15(16-11-19(25-2)21(27-4)20(12-16)26-3)22-13-17(23)14-28-29(5,24)18-9-7-6-8-10-18;/h11-12,15,17-18,22-23H,6-10,13-14H2,1-5H3;1H/t15?,17-,29?;/m0./s1. The highest BCUT2D eigenvalue weighted by molar-refractivity contribution is 7.58. The van der Waals surface area contributed by atoms with Crippen molar-refractivity contribution in [1.29, 1.82) is 0 Å². The molecule has 3 atom stereocenters. The molecule has 0 spiro atoms. The number of hydrogen-bond donors (Lipinski definition) is 2. The summed E-state index contributed by atoms with van der Waals surface area (Å²) in [4.78, 5) is 0. The minimum Gasteiger partial charge on any atom is -0.493 e. The first-order chi connectivity index (χ1) is 13.8. The molecule has 2 unspecified atom stereocenters. The third-order valence-electron chi connectivity index (χ3n) is 5.61. The fourth-order valence-electron chi connectivity index (χ4n) is 3.73. The molecule has 1 aliphatic rings. The lowest BCUT2D eigenvalue weighted by atomic mass is 10.0. The predicted molar refractivity (Wildman–Crippen MR) is 122 cm³/mol. The molecule has 0 saturated heterocycles. The molecule has 1 aliphatic carbocycles. The number of rotatable bonds is 11. The van der Waals surface area contributed by atoms with Crippen molar-refractivity contribution < 1.29 is 28.4 Å². The van der Waals surface area contributed by atoms with Gasteiger partial charge in [0.05, 0.1) is 34.0 Å². The van der Waals surface area contributed by atoms with Crippen LogP contribution in [-0.4, -0.2) is 58.0 Å². The first-order valence-electron chi connectivity index (χ1n) is 10.3. The second-order valence-corrected chi connectivity index (χ2v) is 10.5. The van der Waals surface area contributed by atoms with Gasteiger partial charge in [0.1, 0.15) is 0 Å². The maximum absolute atomic E-state index is 12.8. The maximum atomic E-state index is 12.8. The molecule has 0 aliphatic heterocycles. The largest absolute Gasteiger partial charge is 0.493 e. The lowest BCUT2D eigenvalue weighted by Crippen LogP contribution is -2.32. The van der Waals surface area contributed by atoms with E-state index in [1.54, 1.807) is 28.0 Å².